The molecule has 0 saturated carbocycles. The quantitative estimate of drug-likeness (QED) is 0.118. The van der Waals surface area contributed by atoms with E-state index in [0.29, 0.717) is 17.5 Å². The lowest BCUT2D eigenvalue weighted by molar-refractivity contribution is -0.385. The summed E-state index contributed by atoms with van der Waals surface area (Å²) in [6.07, 6.45) is 0.150. The van der Waals surface area contributed by atoms with Gasteiger partial charge in [0, 0.05) is 18.9 Å². The van der Waals surface area contributed by atoms with Crippen molar-refractivity contribution in [3.63, 3.8) is 0 Å². The topological polar surface area (TPSA) is 214 Å². The molecule has 5 N–H and O–H groups in total. The molecule has 0 unspecified atom stereocenters. The first kappa shape index (κ1) is 44.0. The molecule has 2 aliphatic heterocycles. The average Bonchev–Trinajstić information content (AvgIpc) is 3.13. The SMILES string of the molecule is COC(=O)[C@@H]([C@@H]1NC(=O)[C@@H](Cc2ccccc2)NC(=O)[C@@H](NC(=O)[C@H](N)CC(C)C)Cc2ccc(c([N+](=O)[O-])c2)Oc2cc1cc(OC)c2OC)N(C)C.Cl. The summed E-state index contributed by atoms with van der Waals surface area (Å²) < 4.78 is 22.5. The number of methoxy groups -OCH3 is 3. The van der Waals surface area contributed by atoms with E-state index in [1.807, 2.05) is 19.9 Å². The molecule has 2 aliphatic rings. The van der Waals surface area contributed by atoms with Crippen molar-refractivity contribution in [2.75, 3.05) is 35.4 Å². The molecule has 55 heavy (non-hydrogen) atoms. The molecule has 0 saturated heterocycles. The number of nitro groups is 1. The lowest BCUT2D eigenvalue weighted by Crippen LogP contribution is -2.58. The monoisotopic (exact) mass is 784 g/mol. The molecule has 16 nitrogen and oxygen atoms in total. The predicted octanol–water partition coefficient (Wildman–Crippen LogP) is 3.23. The number of fused-ring (bicyclic) bond motifs is 9. The zero-order valence-corrected chi connectivity index (χ0v) is 32.6. The summed E-state index contributed by atoms with van der Waals surface area (Å²) in [6.45, 7) is 3.80. The maximum Gasteiger partial charge on any atom is 0.325 e. The number of nitrogens with two attached hydrogens (primary N) is 1. The van der Waals surface area contributed by atoms with E-state index in [-0.39, 0.29) is 59.7 Å². The minimum atomic E-state index is -1.31. The third-order valence-corrected chi connectivity index (χ3v) is 8.93. The number of nitrogens with one attached hydrogen (secondary N) is 3. The van der Waals surface area contributed by atoms with Crippen molar-refractivity contribution < 1.29 is 43.0 Å². The predicted molar refractivity (Wildman–Crippen MR) is 205 cm³/mol. The molecule has 5 rings (SSSR count). The second kappa shape index (κ2) is 19.8. The molecule has 0 aliphatic carbocycles. The molecular weight excluding hydrogens is 736 g/mol. The van der Waals surface area contributed by atoms with Gasteiger partial charge in [-0.3, -0.25) is 34.2 Å². The molecule has 3 aromatic rings. The molecule has 5 atom stereocenters. The smallest absolute Gasteiger partial charge is 0.325 e. The number of carbonyl (C=O) groups excluding carboxylic acids is 4. The summed E-state index contributed by atoms with van der Waals surface area (Å²) in [5, 5.41) is 20.9. The number of nitro benzene ring substituents is 1. The Kier molecular flexibility index (Phi) is 15.8. The van der Waals surface area contributed by atoms with Crippen LogP contribution in [0.25, 0.3) is 0 Å². The van der Waals surface area contributed by atoms with Crippen molar-refractivity contribution in [1.82, 2.24) is 20.9 Å². The average molecular weight is 785 g/mol. The summed E-state index contributed by atoms with van der Waals surface area (Å²) in [4.78, 5) is 68.7. The Morgan fingerprint density at radius 3 is 2.27 bits per heavy atom. The second-order valence-corrected chi connectivity index (χ2v) is 13.6. The number of rotatable bonds is 12. The number of benzene rings is 3. The summed E-state index contributed by atoms with van der Waals surface area (Å²) in [7, 11) is 7.19. The first-order valence-electron chi connectivity index (χ1n) is 17.3. The molecule has 2 heterocycles. The zero-order chi connectivity index (χ0) is 39.7. The minimum Gasteiger partial charge on any atom is -0.493 e. The lowest BCUT2D eigenvalue weighted by atomic mass is 9.95. The Hall–Kier alpha value is -5.45. The molecule has 3 aromatic carbocycles. The van der Waals surface area contributed by atoms with Gasteiger partial charge in [0.1, 0.15) is 18.1 Å². The number of hydrogen-bond donors (Lipinski definition) is 4. The minimum absolute atomic E-state index is 0. The Bertz CT molecular complexity index is 1840. The van der Waals surface area contributed by atoms with Gasteiger partial charge in [0.05, 0.1) is 38.3 Å². The van der Waals surface area contributed by atoms with E-state index in [1.165, 1.54) is 51.7 Å². The maximum absolute atomic E-state index is 14.5. The van der Waals surface area contributed by atoms with E-state index in [1.54, 1.807) is 43.3 Å². The van der Waals surface area contributed by atoms with Gasteiger partial charge in [-0.25, -0.2) is 0 Å². The van der Waals surface area contributed by atoms with Gasteiger partial charge in [-0.1, -0.05) is 50.2 Å². The molecule has 0 aromatic heterocycles. The number of carbonyl (C=O) groups is 4. The number of amides is 3. The number of halogens is 1. The van der Waals surface area contributed by atoms with Crippen molar-refractivity contribution in [1.29, 1.82) is 0 Å². The first-order valence-corrected chi connectivity index (χ1v) is 17.3. The zero-order valence-electron chi connectivity index (χ0n) is 31.8. The van der Waals surface area contributed by atoms with Crippen LogP contribution in [0.5, 0.6) is 23.0 Å². The van der Waals surface area contributed by atoms with Gasteiger partial charge in [-0.15, -0.1) is 12.4 Å². The van der Waals surface area contributed by atoms with Crippen LogP contribution in [0.1, 0.15) is 43.0 Å². The van der Waals surface area contributed by atoms with Crippen LogP contribution in [0.4, 0.5) is 5.69 Å². The number of likely N-dealkylation sites (N-methyl/N-ethyl adjacent to an activating group) is 1. The number of ether oxygens (including phenoxy) is 4. The second-order valence-electron chi connectivity index (χ2n) is 13.6. The van der Waals surface area contributed by atoms with Gasteiger partial charge in [-0.05, 0) is 61.3 Å². The van der Waals surface area contributed by atoms with Gasteiger partial charge in [0.25, 0.3) is 0 Å². The van der Waals surface area contributed by atoms with E-state index in [4.69, 9.17) is 24.7 Å². The molecule has 3 amide bonds. The Morgan fingerprint density at radius 2 is 1.69 bits per heavy atom. The van der Waals surface area contributed by atoms with Crippen molar-refractivity contribution in [3.8, 4) is 23.0 Å². The van der Waals surface area contributed by atoms with Gasteiger partial charge in [-0.2, -0.15) is 0 Å². The van der Waals surface area contributed by atoms with E-state index in [9.17, 15) is 29.3 Å². The molecule has 4 bridgehead atoms. The van der Waals surface area contributed by atoms with Crippen LogP contribution in [0, 0.1) is 16.0 Å². The first-order chi connectivity index (χ1) is 25.7. The van der Waals surface area contributed by atoms with Crippen molar-refractivity contribution in [2.24, 2.45) is 11.7 Å². The third kappa shape index (κ3) is 11.1. The largest absolute Gasteiger partial charge is 0.493 e. The third-order valence-electron chi connectivity index (χ3n) is 8.93. The van der Waals surface area contributed by atoms with Crippen molar-refractivity contribution >= 4 is 41.8 Å². The molecule has 298 valence electrons. The highest BCUT2D eigenvalue weighted by Crippen LogP contribution is 2.44. The molecule has 0 spiro atoms. The number of nitrogens with zero attached hydrogens (tertiary/aromatic N) is 2. The van der Waals surface area contributed by atoms with Gasteiger partial charge >= 0.3 is 11.7 Å². The van der Waals surface area contributed by atoms with Crippen molar-refractivity contribution in [3.05, 3.63) is 87.5 Å². The maximum atomic E-state index is 14.5. The van der Waals surface area contributed by atoms with E-state index >= 15 is 0 Å². The molecule has 0 fully saturated rings. The number of esters is 1. The molecular formula is C38H49ClN6O10. The fourth-order valence-corrected chi connectivity index (χ4v) is 6.28. The fraction of sp³-hybridized carbons (Fsp3) is 0.421. The summed E-state index contributed by atoms with van der Waals surface area (Å²) in [5.74, 6) is -2.63. The van der Waals surface area contributed by atoms with Crippen LogP contribution >= 0.6 is 12.4 Å². The number of hydrogen-bond acceptors (Lipinski definition) is 12. The molecule has 0 radical (unpaired) electrons. The van der Waals surface area contributed by atoms with Gasteiger partial charge in [0.15, 0.2) is 11.5 Å². The Balaban J connectivity index is 0.00000812. The van der Waals surface area contributed by atoms with Crippen molar-refractivity contribution in [2.45, 2.75) is 63.3 Å². The summed E-state index contributed by atoms with van der Waals surface area (Å²) in [6, 6.07) is 10.3. The van der Waals surface area contributed by atoms with Crippen LogP contribution < -0.4 is 35.9 Å². The van der Waals surface area contributed by atoms with E-state index < -0.39 is 64.5 Å². The van der Waals surface area contributed by atoms with E-state index in [0.717, 1.165) is 0 Å². The van der Waals surface area contributed by atoms with Gasteiger partial charge in [0.2, 0.25) is 29.2 Å². The van der Waals surface area contributed by atoms with E-state index in [2.05, 4.69) is 16.0 Å². The van der Waals surface area contributed by atoms with Crippen LogP contribution in [0.3, 0.4) is 0 Å². The van der Waals surface area contributed by atoms with Crippen LogP contribution in [-0.2, 0) is 36.8 Å². The van der Waals surface area contributed by atoms with Crippen LogP contribution in [0.15, 0.2) is 60.7 Å². The lowest BCUT2D eigenvalue weighted by Gasteiger charge is -2.33. The summed E-state index contributed by atoms with van der Waals surface area (Å²) >= 11 is 0. The normalized spacial score (nSPS) is 18.2. The molecule has 17 heteroatoms. The van der Waals surface area contributed by atoms with Crippen LogP contribution in [0.2, 0.25) is 0 Å². The fourth-order valence-electron chi connectivity index (χ4n) is 6.28. The highest BCUT2D eigenvalue weighted by atomic mass is 35.5. The Labute approximate surface area is 325 Å². The highest BCUT2D eigenvalue weighted by molar-refractivity contribution is 5.94. The standard InChI is InChI=1S/C38H48N6O10.ClH/c1-21(2)15-25(39)35(45)40-27-17-23-13-14-29(28(18-23)44(49)50)54-31-20-24(19-30(51-5)34(31)52-6)32(33(43(3)4)38(48)53-7)42-37(47)26(41-36(27)46)16-22-11-9-8-10-12-22;/h8-14,18-21,25-27,32-33H,15-17,39H2,1-7H3,(H,40,45)(H,41,46)(H,42,47);1H/t25-,26-,27+,32-,33-;/m1./s1. The highest BCUT2D eigenvalue weighted by Gasteiger charge is 2.38. The summed E-state index contributed by atoms with van der Waals surface area (Å²) in [5.41, 5.74) is 7.03. The van der Waals surface area contributed by atoms with Crippen LogP contribution in [-0.4, -0.2) is 93.1 Å². The van der Waals surface area contributed by atoms with Gasteiger partial charge < -0.3 is 40.6 Å². The Morgan fingerprint density at radius 1 is 1.00 bits per heavy atom.